The molecule has 0 saturated carbocycles. The van der Waals surface area contributed by atoms with Gasteiger partial charge in [-0.05, 0) is 18.2 Å². The Labute approximate surface area is 120 Å². The zero-order valence-electron chi connectivity index (χ0n) is 9.54. The Morgan fingerprint density at radius 2 is 1.83 bits per heavy atom. The summed E-state index contributed by atoms with van der Waals surface area (Å²) in [6.07, 6.45) is 0.719. The van der Waals surface area contributed by atoms with Crippen LogP contribution >= 0.6 is 34.8 Å². The van der Waals surface area contributed by atoms with Gasteiger partial charge in [0.2, 0.25) is 0 Å². The van der Waals surface area contributed by atoms with Crippen molar-refractivity contribution in [1.82, 2.24) is 9.97 Å². The maximum atomic E-state index is 5.94. The first-order chi connectivity index (χ1) is 8.58. The van der Waals surface area contributed by atoms with Crippen LogP contribution in [-0.4, -0.2) is 9.97 Å². The van der Waals surface area contributed by atoms with Gasteiger partial charge in [-0.15, -0.1) is 0 Å². The topological polar surface area (TPSA) is 37.8 Å². The highest BCUT2D eigenvalue weighted by atomic mass is 35.5. The lowest BCUT2D eigenvalue weighted by atomic mass is 10.3. The van der Waals surface area contributed by atoms with E-state index in [0.29, 0.717) is 26.8 Å². The predicted molar refractivity (Wildman–Crippen MR) is 76.2 cm³/mol. The number of nitrogens with one attached hydrogen (secondary N) is 1. The third kappa shape index (κ3) is 3.25. The summed E-state index contributed by atoms with van der Waals surface area (Å²) in [7, 11) is 0. The summed E-state index contributed by atoms with van der Waals surface area (Å²) in [6.45, 7) is 1.97. The molecule has 0 amide bonds. The van der Waals surface area contributed by atoms with Crippen LogP contribution in [0.25, 0.3) is 0 Å². The monoisotopic (exact) mass is 301 g/mol. The molecule has 0 saturated heterocycles. The average molecular weight is 303 g/mol. The molecule has 94 valence electrons. The Morgan fingerprint density at radius 3 is 2.50 bits per heavy atom. The standard InChI is InChI=1S/C12H10Cl3N3/c1-2-11-17-10(15)6-12(18-11)16-7-3-4-8(13)9(14)5-7/h3-6H,2H2,1H3,(H,16,17,18). The van der Waals surface area contributed by atoms with Crippen molar-refractivity contribution < 1.29 is 0 Å². The average Bonchev–Trinajstić information content (AvgIpc) is 2.33. The molecule has 3 nitrogen and oxygen atoms in total. The molecule has 2 aromatic rings. The van der Waals surface area contributed by atoms with Gasteiger partial charge in [-0.3, -0.25) is 0 Å². The lowest BCUT2D eigenvalue weighted by Gasteiger charge is -2.08. The molecule has 0 aliphatic heterocycles. The van der Waals surface area contributed by atoms with Crippen molar-refractivity contribution in [2.45, 2.75) is 13.3 Å². The number of anilines is 2. The van der Waals surface area contributed by atoms with Gasteiger partial charge in [-0.2, -0.15) is 0 Å². The van der Waals surface area contributed by atoms with Crippen LogP contribution in [0.5, 0.6) is 0 Å². The van der Waals surface area contributed by atoms with Crippen LogP contribution in [0.15, 0.2) is 24.3 Å². The fourth-order valence-corrected chi connectivity index (χ4v) is 1.91. The number of halogens is 3. The van der Waals surface area contributed by atoms with E-state index in [9.17, 15) is 0 Å². The highest BCUT2D eigenvalue weighted by Crippen LogP contribution is 2.26. The Balaban J connectivity index is 2.27. The summed E-state index contributed by atoms with van der Waals surface area (Å²) in [5, 5.41) is 4.51. The van der Waals surface area contributed by atoms with Gasteiger partial charge in [0.15, 0.2) is 0 Å². The molecule has 0 radical (unpaired) electrons. The van der Waals surface area contributed by atoms with Crippen molar-refractivity contribution in [2.75, 3.05) is 5.32 Å². The highest BCUT2D eigenvalue weighted by molar-refractivity contribution is 6.42. The quantitative estimate of drug-likeness (QED) is 0.832. The maximum Gasteiger partial charge on any atom is 0.135 e. The molecule has 1 aromatic carbocycles. The van der Waals surface area contributed by atoms with Gasteiger partial charge in [0.1, 0.15) is 16.8 Å². The van der Waals surface area contributed by atoms with Gasteiger partial charge in [-0.1, -0.05) is 41.7 Å². The van der Waals surface area contributed by atoms with Crippen molar-refractivity contribution in [3.63, 3.8) is 0 Å². The minimum absolute atomic E-state index is 0.407. The fraction of sp³-hybridized carbons (Fsp3) is 0.167. The van der Waals surface area contributed by atoms with E-state index in [-0.39, 0.29) is 0 Å². The largest absolute Gasteiger partial charge is 0.340 e. The Hall–Kier alpha value is -1.03. The SMILES string of the molecule is CCc1nc(Cl)cc(Nc2ccc(Cl)c(Cl)c2)n1. The molecule has 1 heterocycles. The summed E-state index contributed by atoms with van der Waals surface area (Å²) in [6, 6.07) is 6.92. The molecule has 0 aliphatic rings. The Morgan fingerprint density at radius 1 is 1.06 bits per heavy atom. The van der Waals surface area contributed by atoms with Crippen molar-refractivity contribution in [2.24, 2.45) is 0 Å². The Bertz CT molecular complexity index is 572. The van der Waals surface area contributed by atoms with Crippen LogP contribution in [0, 0.1) is 0 Å². The van der Waals surface area contributed by atoms with E-state index in [2.05, 4.69) is 15.3 Å². The van der Waals surface area contributed by atoms with Crippen LogP contribution in [0.4, 0.5) is 11.5 Å². The maximum absolute atomic E-state index is 5.94. The lowest BCUT2D eigenvalue weighted by molar-refractivity contribution is 0.943. The van der Waals surface area contributed by atoms with Crippen molar-refractivity contribution in [1.29, 1.82) is 0 Å². The van der Waals surface area contributed by atoms with Crippen molar-refractivity contribution in [3.05, 3.63) is 45.3 Å². The van der Waals surface area contributed by atoms with Crippen LogP contribution < -0.4 is 5.32 Å². The van der Waals surface area contributed by atoms with E-state index < -0.39 is 0 Å². The minimum Gasteiger partial charge on any atom is -0.340 e. The first-order valence-electron chi connectivity index (χ1n) is 5.34. The van der Waals surface area contributed by atoms with Gasteiger partial charge >= 0.3 is 0 Å². The van der Waals surface area contributed by atoms with E-state index in [0.717, 1.165) is 12.1 Å². The second-order valence-electron chi connectivity index (χ2n) is 3.60. The van der Waals surface area contributed by atoms with E-state index in [4.69, 9.17) is 34.8 Å². The van der Waals surface area contributed by atoms with Gasteiger partial charge in [0.25, 0.3) is 0 Å². The van der Waals surface area contributed by atoms with Crippen LogP contribution in [0.3, 0.4) is 0 Å². The number of benzene rings is 1. The Kier molecular flexibility index (Phi) is 4.27. The molecule has 0 fully saturated rings. The normalized spacial score (nSPS) is 10.4. The molecule has 0 atom stereocenters. The lowest BCUT2D eigenvalue weighted by Crippen LogP contribution is -1.99. The van der Waals surface area contributed by atoms with E-state index >= 15 is 0 Å². The second kappa shape index (κ2) is 5.74. The van der Waals surface area contributed by atoms with Gasteiger partial charge in [-0.25, -0.2) is 9.97 Å². The molecule has 0 unspecified atom stereocenters. The summed E-state index contributed by atoms with van der Waals surface area (Å²) >= 11 is 17.7. The van der Waals surface area contributed by atoms with Crippen LogP contribution in [0.1, 0.15) is 12.7 Å². The summed E-state index contributed by atoms with van der Waals surface area (Å²) < 4.78 is 0. The van der Waals surface area contributed by atoms with Crippen molar-refractivity contribution in [3.8, 4) is 0 Å². The van der Waals surface area contributed by atoms with E-state index in [1.54, 1.807) is 18.2 Å². The third-order valence-electron chi connectivity index (χ3n) is 2.25. The zero-order chi connectivity index (χ0) is 13.1. The summed E-state index contributed by atoms with van der Waals surface area (Å²) in [5.74, 6) is 1.32. The predicted octanol–water partition coefficient (Wildman–Crippen LogP) is 4.74. The fourth-order valence-electron chi connectivity index (χ4n) is 1.41. The summed E-state index contributed by atoms with van der Waals surface area (Å²) in [5.41, 5.74) is 0.793. The minimum atomic E-state index is 0.407. The molecule has 2 rings (SSSR count). The summed E-state index contributed by atoms with van der Waals surface area (Å²) in [4.78, 5) is 8.41. The molecular weight excluding hydrogens is 293 g/mol. The van der Waals surface area contributed by atoms with Gasteiger partial charge in [0.05, 0.1) is 10.0 Å². The molecule has 0 spiro atoms. The van der Waals surface area contributed by atoms with Gasteiger partial charge in [0, 0.05) is 18.2 Å². The van der Waals surface area contributed by atoms with Crippen LogP contribution in [0.2, 0.25) is 15.2 Å². The van der Waals surface area contributed by atoms with Crippen molar-refractivity contribution >= 4 is 46.3 Å². The number of nitrogens with zero attached hydrogens (tertiary/aromatic N) is 2. The van der Waals surface area contributed by atoms with E-state index in [1.807, 2.05) is 13.0 Å². The molecule has 1 N–H and O–H groups in total. The van der Waals surface area contributed by atoms with E-state index in [1.165, 1.54) is 0 Å². The third-order valence-corrected chi connectivity index (χ3v) is 3.18. The highest BCUT2D eigenvalue weighted by Gasteiger charge is 2.04. The van der Waals surface area contributed by atoms with Gasteiger partial charge < -0.3 is 5.32 Å². The smallest absolute Gasteiger partial charge is 0.135 e. The number of rotatable bonds is 3. The molecule has 18 heavy (non-hydrogen) atoms. The number of hydrogen-bond donors (Lipinski definition) is 1. The molecule has 0 aliphatic carbocycles. The molecule has 6 heteroatoms. The molecular formula is C12H10Cl3N3. The number of hydrogen-bond acceptors (Lipinski definition) is 3. The molecule has 1 aromatic heterocycles. The second-order valence-corrected chi connectivity index (χ2v) is 4.80. The number of aryl methyl sites for hydroxylation is 1. The zero-order valence-corrected chi connectivity index (χ0v) is 11.8. The first kappa shape index (κ1) is 13.4. The number of aromatic nitrogens is 2. The molecule has 0 bridgehead atoms. The first-order valence-corrected chi connectivity index (χ1v) is 6.47. The van der Waals surface area contributed by atoms with Crippen LogP contribution in [-0.2, 0) is 6.42 Å².